The Morgan fingerprint density at radius 2 is 2.33 bits per heavy atom. The molecule has 1 heterocycles. The third kappa shape index (κ3) is 2.49. The molecular formula is C9H12FNO. The Kier molecular flexibility index (Phi) is 3.02. The van der Waals surface area contributed by atoms with Crippen molar-refractivity contribution >= 4 is 0 Å². The third-order valence-corrected chi connectivity index (χ3v) is 1.67. The number of aryl methyl sites for hydroxylation is 1. The molecule has 0 saturated heterocycles. The van der Waals surface area contributed by atoms with E-state index in [0.717, 1.165) is 0 Å². The van der Waals surface area contributed by atoms with Crippen molar-refractivity contribution in [3.8, 4) is 0 Å². The zero-order valence-electron chi connectivity index (χ0n) is 7.03. The van der Waals surface area contributed by atoms with Gasteiger partial charge in [-0.25, -0.2) is 4.39 Å². The lowest BCUT2D eigenvalue weighted by Crippen LogP contribution is -2.19. The van der Waals surface area contributed by atoms with E-state index in [1.165, 1.54) is 17.6 Å². The Bertz CT molecular complexity index is 293. The molecule has 0 aliphatic rings. The van der Waals surface area contributed by atoms with Crippen LogP contribution >= 0.6 is 0 Å². The Morgan fingerprint density at radius 3 is 2.92 bits per heavy atom. The first-order valence-corrected chi connectivity index (χ1v) is 3.99. The highest BCUT2D eigenvalue weighted by Gasteiger charge is 1.98. The molecule has 0 fully saturated rings. The van der Waals surface area contributed by atoms with Crippen LogP contribution in [0.3, 0.4) is 0 Å². The van der Waals surface area contributed by atoms with E-state index in [-0.39, 0.29) is 5.56 Å². The number of aromatic nitrogens is 1. The molecule has 66 valence electrons. The summed E-state index contributed by atoms with van der Waals surface area (Å²) >= 11 is 0. The van der Waals surface area contributed by atoms with Crippen LogP contribution in [0.15, 0.2) is 29.2 Å². The summed E-state index contributed by atoms with van der Waals surface area (Å²) in [7, 11) is 0. The van der Waals surface area contributed by atoms with E-state index >= 15 is 0 Å². The van der Waals surface area contributed by atoms with Crippen LogP contribution in [0.2, 0.25) is 0 Å². The Hall–Kier alpha value is -1.12. The number of nitrogens with zero attached hydrogens (tertiary/aromatic N) is 1. The SMILES string of the molecule is CC(F)CCn1ccccc1=O. The molecule has 1 rings (SSSR count). The molecule has 1 aromatic heterocycles. The lowest BCUT2D eigenvalue weighted by atomic mass is 10.3. The van der Waals surface area contributed by atoms with Gasteiger partial charge in [0.2, 0.25) is 5.56 Å². The fraction of sp³-hybridized carbons (Fsp3) is 0.444. The van der Waals surface area contributed by atoms with Crippen molar-refractivity contribution in [2.24, 2.45) is 0 Å². The highest BCUT2D eigenvalue weighted by Crippen LogP contribution is 1.97. The summed E-state index contributed by atoms with van der Waals surface area (Å²) in [6.07, 6.45) is 1.21. The number of pyridine rings is 1. The van der Waals surface area contributed by atoms with Gasteiger partial charge in [0, 0.05) is 18.8 Å². The standard InChI is InChI=1S/C9H12FNO/c1-8(10)5-7-11-6-3-2-4-9(11)12/h2-4,6,8H,5,7H2,1H3. The molecule has 1 aromatic rings. The van der Waals surface area contributed by atoms with Crippen molar-refractivity contribution < 1.29 is 4.39 Å². The maximum Gasteiger partial charge on any atom is 0.250 e. The molecule has 0 spiro atoms. The molecule has 2 nitrogen and oxygen atoms in total. The molecule has 0 bridgehead atoms. The number of rotatable bonds is 3. The maximum absolute atomic E-state index is 12.4. The molecule has 12 heavy (non-hydrogen) atoms. The van der Waals surface area contributed by atoms with Crippen LogP contribution in [0, 0.1) is 0 Å². The molecule has 1 unspecified atom stereocenters. The summed E-state index contributed by atoms with van der Waals surface area (Å²) in [6.45, 7) is 1.95. The van der Waals surface area contributed by atoms with Gasteiger partial charge in [0.25, 0.3) is 0 Å². The van der Waals surface area contributed by atoms with E-state index < -0.39 is 6.17 Å². The summed E-state index contributed by atoms with van der Waals surface area (Å²) in [5, 5.41) is 0. The lowest BCUT2D eigenvalue weighted by molar-refractivity contribution is 0.324. The van der Waals surface area contributed by atoms with Crippen LogP contribution in [0.25, 0.3) is 0 Å². The molecule has 3 heteroatoms. The summed E-state index contributed by atoms with van der Waals surface area (Å²) in [4.78, 5) is 11.1. The van der Waals surface area contributed by atoms with E-state index in [1.54, 1.807) is 18.3 Å². The van der Waals surface area contributed by atoms with Gasteiger partial charge in [-0.3, -0.25) is 4.79 Å². The average Bonchev–Trinajstić information content (AvgIpc) is 2.03. The van der Waals surface area contributed by atoms with Gasteiger partial charge in [-0.05, 0) is 19.4 Å². The number of hydrogen-bond acceptors (Lipinski definition) is 1. The van der Waals surface area contributed by atoms with Crippen LogP contribution in [0.1, 0.15) is 13.3 Å². The summed E-state index contributed by atoms with van der Waals surface area (Å²) in [5.41, 5.74) is -0.0712. The second-order valence-electron chi connectivity index (χ2n) is 2.80. The number of alkyl halides is 1. The minimum atomic E-state index is -0.850. The fourth-order valence-corrected chi connectivity index (χ4v) is 0.962. The molecule has 0 aliphatic carbocycles. The largest absolute Gasteiger partial charge is 0.315 e. The molecule has 0 saturated carbocycles. The van der Waals surface area contributed by atoms with Gasteiger partial charge in [-0.2, -0.15) is 0 Å². The monoisotopic (exact) mass is 169 g/mol. The van der Waals surface area contributed by atoms with Crippen molar-refractivity contribution in [2.45, 2.75) is 26.1 Å². The van der Waals surface area contributed by atoms with Gasteiger partial charge in [-0.15, -0.1) is 0 Å². The van der Waals surface area contributed by atoms with Crippen LogP contribution < -0.4 is 5.56 Å². The van der Waals surface area contributed by atoms with Crippen molar-refractivity contribution in [1.29, 1.82) is 0 Å². The molecular weight excluding hydrogens is 157 g/mol. The smallest absolute Gasteiger partial charge is 0.250 e. The third-order valence-electron chi connectivity index (χ3n) is 1.67. The highest BCUT2D eigenvalue weighted by atomic mass is 19.1. The first kappa shape index (κ1) is 8.97. The normalized spacial score (nSPS) is 12.8. The molecule has 1 atom stereocenters. The molecule has 0 radical (unpaired) electrons. The second kappa shape index (κ2) is 4.04. The minimum Gasteiger partial charge on any atom is -0.315 e. The lowest BCUT2D eigenvalue weighted by Gasteiger charge is -2.04. The van der Waals surface area contributed by atoms with E-state index in [9.17, 15) is 9.18 Å². The van der Waals surface area contributed by atoms with Crippen molar-refractivity contribution in [1.82, 2.24) is 4.57 Å². The van der Waals surface area contributed by atoms with Crippen molar-refractivity contribution in [2.75, 3.05) is 0 Å². The van der Waals surface area contributed by atoms with E-state index in [4.69, 9.17) is 0 Å². The summed E-state index contributed by atoms with van der Waals surface area (Å²) < 4.78 is 13.9. The Labute approximate surface area is 70.6 Å². The van der Waals surface area contributed by atoms with Crippen molar-refractivity contribution in [3.63, 3.8) is 0 Å². The van der Waals surface area contributed by atoms with E-state index in [1.807, 2.05) is 0 Å². The number of hydrogen-bond donors (Lipinski definition) is 0. The van der Waals surface area contributed by atoms with Crippen LogP contribution in [0.4, 0.5) is 4.39 Å². The van der Waals surface area contributed by atoms with Crippen LogP contribution in [-0.4, -0.2) is 10.7 Å². The zero-order chi connectivity index (χ0) is 8.97. The highest BCUT2D eigenvalue weighted by molar-refractivity contribution is 4.92. The second-order valence-corrected chi connectivity index (χ2v) is 2.80. The average molecular weight is 169 g/mol. The van der Waals surface area contributed by atoms with Gasteiger partial charge in [-0.1, -0.05) is 6.07 Å². The predicted octanol–water partition coefficient (Wildman–Crippen LogP) is 1.60. The zero-order valence-corrected chi connectivity index (χ0v) is 7.03. The Balaban J connectivity index is 2.64. The number of halogens is 1. The first-order chi connectivity index (χ1) is 5.70. The summed E-state index contributed by atoms with van der Waals surface area (Å²) in [5.74, 6) is 0. The van der Waals surface area contributed by atoms with E-state index in [2.05, 4.69) is 0 Å². The molecule has 0 aliphatic heterocycles. The van der Waals surface area contributed by atoms with Gasteiger partial charge >= 0.3 is 0 Å². The maximum atomic E-state index is 12.4. The van der Waals surface area contributed by atoms with Gasteiger partial charge in [0.15, 0.2) is 0 Å². The van der Waals surface area contributed by atoms with Crippen LogP contribution in [-0.2, 0) is 6.54 Å². The quantitative estimate of drug-likeness (QED) is 0.673. The minimum absolute atomic E-state index is 0.0712. The van der Waals surface area contributed by atoms with Crippen molar-refractivity contribution in [3.05, 3.63) is 34.7 Å². The predicted molar refractivity (Wildman–Crippen MR) is 45.9 cm³/mol. The van der Waals surface area contributed by atoms with Gasteiger partial charge in [0.05, 0.1) is 6.17 Å². The van der Waals surface area contributed by atoms with Crippen LogP contribution in [0.5, 0.6) is 0 Å². The van der Waals surface area contributed by atoms with E-state index in [0.29, 0.717) is 13.0 Å². The topological polar surface area (TPSA) is 22.0 Å². The molecule has 0 N–H and O–H groups in total. The molecule has 0 aromatic carbocycles. The van der Waals surface area contributed by atoms with Gasteiger partial charge in [0.1, 0.15) is 0 Å². The fourth-order valence-electron chi connectivity index (χ4n) is 0.962. The Morgan fingerprint density at radius 1 is 1.58 bits per heavy atom. The summed E-state index contributed by atoms with van der Waals surface area (Å²) in [6, 6.07) is 4.92. The first-order valence-electron chi connectivity index (χ1n) is 3.99. The molecule has 0 amide bonds. The van der Waals surface area contributed by atoms with Gasteiger partial charge < -0.3 is 4.57 Å².